The van der Waals surface area contributed by atoms with Crippen molar-refractivity contribution in [2.75, 3.05) is 23.3 Å². The summed E-state index contributed by atoms with van der Waals surface area (Å²) in [5.74, 6) is -0.318. The second kappa shape index (κ2) is 9.79. The first kappa shape index (κ1) is 24.3. The molecule has 1 aromatic carbocycles. The number of aliphatic hydroxyl groups excluding tert-OH is 2. The third-order valence-corrected chi connectivity index (χ3v) is 5.29. The standard InChI is InChI=1S/C23H18ClF2N5O4/c24-23(25,26)35-17-3-1-16(2-4-17)30-22(34)15-6-18(14-5-13(7-27)8-28-9-14)21(29-10-15)31-11-19(32)20(33)12-31/h1-6,8-10,19-20,32-33H,11-12H2,(H,30,34). The van der Waals surface area contributed by atoms with Crippen LogP contribution in [0, 0.1) is 11.3 Å². The minimum absolute atomic E-state index is 0.133. The topological polar surface area (TPSA) is 132 Å². The van der Waals surface area contributed by atoms with Crippen LogP contribution in [0.1, 0.15) is 15.9 Å². The van der Waals surface area contributed by atoms with E-state index < -0.39 is 23.7 Å². The van der Waals surface area contributed by atoms with Crippen LogP contribution in [0.2, 0.25) is 0 Å². The number of β-amino-alcohol motifs (C(OH)–C–C–N with tert-alkyl or cyclic N) is 2. The minimum Gasteiger partial charge on any atom is -0.420 e. The summed E-state index contributed by atoms with van der Waals surface area (Å²) in [7, 11) is 0. The fourth-order valence-corrected chi connectivity index (χ4v) is 3.67. The molecule has 0 bridgehead atoms. The van der Waals surface area contributed by atoms with Crippen molar-refractivity contribution in [3.63, 3.8) is 0 Å². The number of carbonyl (C=O) groups excluding carboxylic acids is 1. The van der Waals surface area contributed by atoms with Crippen LogP contribution in [0.5, 0.6) is 5.75 Å². The number of alkyl halides is 3. The van der Waals surface area contributed by atoms with Gasteiger partial charge in [-0.15, -0.1) is 8.78 Å². The van der Waals surface area contributed by atoms with Crippen LogP contribution >= 0.6 is 11.6 Å². The molecular weight excluding hydrogens is 484 g/mol. The van der Waals surface area contributed by atoms with Crippen molar-refractivity contribution in [1.82, 2.24) is 9.97 Å². The Kier molecular flexibility index (Phi) is 6.79. The van der Waals surface area contributed by atoms with Gasteiger partial charge in [-0.2, -0.15) is 5.26 Å². The van der Waals surface area contributed by atoms with Gasteiger partial charge >= 0.3 is 5.57 Å². The summed E-state index contributed by atoms with van der Waals surface area (Å²) in [5.41, 5.74) is -2.09. The Morgan fingerprint density at radius 3 is 2.49 bits per heavy atom. The lowest BCUT2D eigenvalue weighted by atomic mass is 10.0. The Morgan fingerprint density at radius 1 is 1.17 bits per heavy atom. The van der Waals surface area contributed by atoms with Gasteiger partial charge in [-0.3, -0.25) is 9.78 Å². The third-order valence-electron chi connectivity index (χ3n) is 5.21. The number of halogens is 3. The maximum Gasteiger partial charge on any atom is 0.487 e. The monoisotopic (exact) mass is 501 g/mol. The molecule has 1 saturated heterocycles. The molecule has 1 aliphatic rings. The molecule has 2 unspecified atom stereocenters. The number of rotatable bonds is 6. The number of amides is 1. The molecule has 0 spiro atoms. The van der Waals surface area contributed by atoms with Crippen molar-refractivity contribution in [2.45, 2.75) is 17.8 Å². The largest absolute Gasteiger partial charge is 0.487 e. The highest BCUT2D eigenvalue weighted by atomic mass is 35.5. The molecule has 0 saturated carbocycles. The number of aliphatic hydroxyl groups is 2. The zero-order valence-electron chi connectivity index (χ0n) is 17.9. The van der Waals surface area contributed by atoms with E-state index in [0.717, 1.165) is 0 Å². The van der Waals surface area contributed by atoms with Gasteiger partial charge < -0.3 is 25.2 Å². The number of carbonyl (C=O) groups is 1. The number of aromatic nitrogens is 2. The van der Waals surface area contributed by atoms with E-state index >= 15 is 0 Å². The summed E-state index contributed by atoms with van der Waals surface area (Å²) < 4.78 is 29.8. The van der Waals surface area contributed by atoms with E-state index in [1.54, 1.807) is 17.0 Å². The molecule has 0 radical (unpaired) electrons. The van der Waals surface area contributed by atoms with Crippen LogP contribution in [0.3, 0.4) is 0 Å². The number of anilines is 2. The van der Waals surface area contributed by atoms with Crippen LogP contribution in [0.25, 0.3) is 11.1 Å². The zero-order chi connectivity index (χ0) is 25.2. The second-order valence-corrected chi connectivity index (χ2v) is 8.18. The average Bonchev–Trinajstić information content (AvgIpc) is 3.17. The molecule has 3 N–H and O–H groups in total. The van der Waals surface area contributed by atoms with E-state index in [1.807, 2.05) is 6.07 Å². The van der Waals surface area contributed by atoms with Gasteiger partial charge in [-0.25, -0.2) is 4.98 Å². The molecule has 3 heterocycles. The molecule has 180 valence electrons. The quantitative estimate of drug-likeness (QED) is 0.439. The predicted molar refractivity (Wildman–Crippen MR) is 122 cm³/mol. The lowest BCUT2D eigenvalue weighted by Gasteiger charge is -2.21. The Balaban J connectivity index is 1.63. The lowest BCUT2D eigenvalue weighted by Crippen LogP contribution is -2.23. The lowest BCUT2D eigenvalue weighted by molar-refractivity contribution is -0.0964. The van der Waals surface area contributed by atoms with Gasteiger partial charge in [0.2, 0.25) is 0 Å². The summed E-state index contributed by atoms with van der Waals surface area (Å²) in [4.78, 5) is 23.0. The van der Waals surface area contributed by atoms with E-state index in [1.165, 1.54) is 42.9 Å². The maximum absolute atomic E-state index is 12.9. The van der Waals surface area contributed by atoms with Gasteiger partial charge in [0.1, 0.15) is 17.6 Å². The first-order chi connectivity index (χ1) is 16.6. The number of nitriles is 1. The molecule has 2 atom stereocenters. The molecule has 1 amide bonds. The van der Waals surface area contributed by atoms with Gasteiger partial charge in [-0.05, 0) is 36.4 Å². The molecule has 1 aliphatic heterocycles. The summed E-state index contributed by atoms with van der Waals surface area (Å²) in [6.45, 7) is 0.266. The van der Waals surface area contributed by atoms with Gasteiger partial charge in [-0.1, -0.05) is 0 Å². The van der Waals surface area contributed by atoms with E-state index in [9.17, 15) is 29.1 Å². The van der Waals surface area contributed by atoms with Crippen LogP contribution < -0.4 is 15.0 Å². The smallest absolute Gasteiger partial charge is 0.420 e. The van der Waals surface area contributed by atoms with Crippen LogP contribution in [0.15, 0.2) is 55.0 Å². The van der Waals surface area contributed by atoms with E-state index in [2.05, 4.69) is 20.0 Å². The molecule has 9 nitrogen and oxygen atoms in total. The Labute approximate surface area is 203 Å². The van der Waals surface area contributed by atoms with Crippen molar-refractivity contribution in [3.8, 4) is 22.9 Å². The fourth-order valence-electron chi connectivity index (χ4n) is 3.58. The highest BCUT2D eigenvalue weighted by molar-refractivity contribution is 6.20. The number of hydrogen-bond donors (Lipinski definition) is 3. The van der Waals surface area contributed by atoms with Crippen molar-refractivity contribution >= 4 is 29.0 Å². The summed E-state index contributed by atoms with van der Waals surface area (Å²) >= 11 is 4.75. The number of nitrogens with one attached hydrogen (secondary N) is 1. The Morgan fingerprint density at radius 2 is 1.86 bits per heavy atom. The van der Waals surface area contributed by atoms with E-state index in [0.29, 0.717) is 28.2 Å². The van der Waals surface area contributed by atoms with Crippen LogP contribution in [0.4, 0.5) is 20.3 Å². The number of nitrogens with zero attached hydrogens (tertiary/aromatic N) is 4. The molecule has 4 rings (SSSR count). The van der Waals surface area contributed by atoms with Crippen molar-refractivity contribution in [3.05, 3.63) is 66.1 Å². The van der Waals surface area contributed by atoms with E-state index in [-0.39, 0.29) is 24.4 Å². The molecule has 35 heavy (non-hydrogen) atoms. The number of benzene rings is 1. The third kappa shape index (κ3) is 5.81. The number of hydrogen-bond acceptors (Lipinski definition) is 8. The normalized spacial score (nSPS) is 17.7. The summed E-state index contributed by atoms with van der Waals surface area (Å²) in [6, 6.07) is 10.3. The fraction of sp³-hybridized carbons (Fsp3) is 0.217. The summed E-state index contributed by atoms with van der Waals surface area (Å²) in [5, 5.41) is 31.8. The number of ether oxygens (including phenoxy) is 1. The predicted octanol–water partition coefficient (Wildman–Crippen LogP) is 2.98. The van der Waals surface area contributed by atoms with Crippen LogP contribution in [-0.2, 0) is 0 Å². The maximum atomic E-state index is 12.9. The van der Waals surface area contributed by atoms with Crippen molar-refractivity contribution in [1.29, 1.82) is 5.26 Å². The zero-order valence-corrected chi connectivity index (χ0v) is 18.7. The first-order valence-corrected chi connectivity index (χ1v) is 10.6. The number of pyridine rings is 2. The van der Waals surface area contributed by atoms with Crippen molar-refractivity contribution < 1.29 is 28.5 Å². The summed E-state index contributed by atoms with van der Waals surface area (Å²) in [6.07, 6.45) is 2.32. The van der Waals surface area contributed by atoms with Gasteiger partial charge in [0.05, 0.1) is 23.3 Å². The van der Waals surface area contributed by atoms with Gasteiger partial charge in [0, 0.05) is 60.1 Å². The Hall–Kier alpha value is -3.85. The molecule has 3 aromatic rings. The molecule has 0 aliphatic carbocycles. The SMILES string of the molecule is N#Cc1cncc(-c2cc(C(=O)Nc3ccc(OC(F)(F)Cl)cc3)cnc2N2CC(O)C(O)C2)c1. The van der Waals surface area contributed by atoms with Crippen LogP contribution in [-0.4, -0.2) is 57.0 Å². The Bertz CT molecular complexity index is 1270. The van der Waals surface area contributed by atoms with E-state index in [4.69, 9.17) is 11.6 Å². The van der Waals surface area contributed by atoms with Gasteiger partial charge in [0.15, 0.2) is 0 Å². The van der Waals surface area contributed by atoms with Gasteiger partial charge in [0.25, 0.3) is 5.91 Å². The second-order valence-electron chi connectivity index (χ2n) is 7.74. The highest BCUT2D eigenvalue weighted by Crippen LogP contribution is 2.32. The molecular formula is C23H18ClF2N5O4. The minimum atomic E-state index is -3.85. The van der Waals surface area contributed by atoms with Crippen molar-refractivity contribution in [2.24, 2.45) is 0 Å². The average molecular weight is 502 g/mol. The molecule has 12 heteroatoms. The first-order valence-electron chi connectivity index (χ1n) is 10.3. The molecule has 1 fully saturated rings. The highest BCUT2D eigenvalue weighted by Gasteiger charge is 2.32. The molecule has 2 aromatic heterocycles.